The van der Waals surface area contributed by atoms with E-state index in [4.69, 9.17) is 16.3 Å². The summed E-state index contributed by atoms with van der Waals surface area (Å²) in [6, 6.07) is 10.3. The molecular weight excluding hydrogens is 272 g/mol. The third-order valence-electron chi connectivity index (χ3n) is 3.51. The van der Waals surface area contributed by atoms with Gasteiger partial charge in [0, 0.05) is 24.2 Å². The lowest BCUT2D eigenvalue weighted by molar-refractivity contribution is 0.331. The maximum Gasteiger partial charge on any atom is 0.131 e. The van der Waals surface area contributed by atoms with Crippen molar-refractivity contribution in [2.45, 2.75) is 19.3 Å². The van der Waals surface area contributed by atoms with Gasteiger partial charge in [-0.1, -0.05) is 18.2 Å². The summed E-state index contributed by atoms with van der Waals surface area (Å²) >= 11 is 5.86. The molecule has 1 aliphatic heterocycles. The number of halogens is 1. The number of rotatable bonds is 2. The Hall–Kier alpha value is -1.74. The summed E-state index contributed by atoms with van der Waals surface area (Å²) in [6.45, 7) is 4.42. The van der Waals surface area contributed by atoms with Crippen LogP contribution in [-0.4, -0.2) is 18.1 Å². The van der Waals surface area contributed by atoms with Gasteiger partial charge in [-0.05, 0) is 30.2 Å². The fourth-order valence-corrected chi connectivity index (χ4v) is 2.68. The van der Waals surface area contributed by atoms with Gasteiger partial charge < -0.3 is 9.64 Å². The maximum absolute atomic E-state index is 5.86. The van der Waals surface area contributed by atoms with Crippen LogP contribution in [0.25, 0.3) is 0 Å². The fraction of sp³-hybridized carbons (Fsp3) is 0.312. The van der Waals surface area contributed by atoms with E-state index < -0.39 is 0 Å². The van der Waals surface area contributed by atoms with Crippen molar-refractivity contribution in [2.75, 3.05) is 18.1 Å². The van der Waals surface area contributed by atoms with Crippen LogP contribution < -0.4 is 9.64 Å². The molecule has 3 rings (SSSR count). The molecule has 0 amide bonds. The topological polar surface area (TPSA) is 25.4 Å². The highest BCUT2D eigenvalue weighted by molar-refractivity contribution is 6.17. The van der Waals surface area contributed by atoms with Crippen LogP contribution in [0.2, 0.25) is 0 Å². The fourth-order valence-electron chi connectivity index (χ4n) is 2.54. The van der Waals surface area contributed by atoms with Gasteiger partial charge in [-0.25, -0.2) is 4.98 Å². The molecule has 0 spiro atoms. The zero-order valence-electron chi connectivity index (χ0n) is 11.5. The zero-order chi connectivity index (χ0) is 13.9. The molecule has 3 nitrogen and oxygen atoms in total. The molecule has 2 heterocycles. The number of aryl methyl sites for hydroxylation is 1. The second-order valence-electron chi connectivity index (χ2n) is 5.00. The van der Waals surface area contributed by atoms with E-state index in [1.807, 2.05) is 24.4 Å². The van der Waals surface area contributed by atoms with E-state index in [9.17, 15) is 0 Å². The molecule has 0 saturated heterocycles. The van der Waals surface area contributed by atoms with Gasteiger partial charge in [-0.3, -0.25) is 0 Å². The van der Waals surface area contributed by atoms with Gasteiger partial charge in [0.1, 0.15) is 18.2 Å². The van der Waals surface area contributed by atoms with Crippen molar-refractivity contribution < 1.29 is 4.74 Å². The summed E-state index contributed by atoms with van der Waals surface area (Å²) in [5.41, 5.74) is 3.41. The first-order valence-corrected chi connectivity index (χ1v) is 7.28. The van der Waals surface area contributed by atoms with E-state index >= 15 is 0 Å². The summed E-state index contributed by atoms with van der Waals surface area (Å²) in [5, 5.41) is 0. The summed E-state index contributed by atoms with van der Waals surface area (Å²) in [6.07, 6.45) is 1.85. The standard InChI is InChI=1S/C16H17ClN2O/c1-12-8-13(9-17)10-18-16(12)19-6-7-20-15-5-3-2-4-14(15)11-19/h2-5,8,10H,6-7,9,11H2,1H3. The number of hydrogen-bond donors (Lipinski definition) is 0. The molecule has 0 fully saturated rings. The molecule has 104 valence electrons. The molecule has 20 heavy (non-hydrogen) atoms. The molecule has 0 atom stereocenters. The number of fused-ring (bicyclic) bond motifs is 1. The van der Waals surface area contributed by atoms with Crippen LogP contribution in [0.5, 0.6) is 5.75 Å². The Balaban J connectivity index is 1.91. The van der Waals surface area contributed by atoms with Gasteiger partial charge in [0.05, 0.1) is 6.54 Å². The number of hydrogen-bond acceptors (Lipinski definition) is 3. The van der Waals surface area contributed by atoms with E-state index in [2.05, 4.69) is 28.9 Å². The zero-order valence-corrected chi connectivity index (χ0v) is 12.2. The van der Waals surface area contributed by atoms with Crippen LogP contribution in [-0.2, 0) is 12.4 Å². The summed E-state index contributed by atoms with van der Waals surface area (Å²) < 4.78 is 5.79. The molecule has 4 heteroatoms. The van der Waals surface area contributed by atoms with Crippen LogP contribution in [0.3, 0.4) is 0 Å². The Morgan fingerprint density at radius 3 is 3.00 bits per heavy atom. The van der Waals surface area contributed by atoms with E-state index in [0.717, 1.165) is 35.8 Å². The number of benzene rings is 1. The third kappa shape index (κ3) is 2.59. The normalized spacial score (nSPS) is 14.4. The molecule has 2 aromatic rings. The summed E-state index contributed by atoms with van der Waals surface area (Å²) in [5.74, 6) is 2.49. The molecule has 1 aliphatic rings. The first-order valence-electron chi connectivity index (χ1n) is 6.75. The Labute approximate surface area is 124 Å². The molecular formula is C16H17ClN2O. The Bertz CT molecular complexity index is 615. The first kappa shape index (κ1) is 13.3. The number of para-hydroxylation sites is 1. The molecule has 0 aliphatic carbocycles. The van der Waals surface area contributed by atoms with E-state index in [0.29, 0.717) is 12.5 Å². The summed E-state index contributed by atoms with van der Waals surface area (Å²) in [7, 11) is 0. The first-order chi connectivity index (χ1) is 9.78. The second kappa shape index (κ2) is 5.71. The van der Waals surface area contributed by atoms with Gasteiger partial charge in [-0.15, -0.1) is 11.6 Å². The number of pyridine rings is 1. The van der Waals surface area contributed by atoms with Crippen molar-refractivity contribution in [3.8, 4) is 5.75 Å². The van der Waals surface area contributed by atoms with Crippen LogP contribution >= 0.6 is 11.6 Å². The van der Waals surface area contributed by atoms with Gasteiger partial charge in [0.25, 0.3) is 0 Å². The van der Waals surface area contributed by atoms with Gasteiger partial charge in [-0.2, -0.15) is 0 Å². The number of ether oxygens (including phenoxy) is 1. The van der Waals surface area contributed by atoms with Crippen LogP contribution in [0.1, 0.15) is 16.7 Å². The maximum atomic E-state index is 5.86. The Morgan fingerprint density at radius 2 is 2.20 bits per heavy atom. The van der Waals surface area contributed by atoms with Gasteiger partial charge in [0.2, 0.25) is 0 Å². The van der Waals surface area contributed by atoms with Crippen molar-refractivity contribution >= 4 is 17.4 Å². The minimum atomic E-state index is 0.500. The molecule has 0 unspecified atom stereocenters. The average molecular weight is 289 g/mol. The molecule has 1 aromatic carbocycles. The van der Waals surface area contributed by atoms with Gasteiger partial charge in [0.15, 0.2) is 0 Å². The molecule has 0 saturated carbocycles. The SMILES string of the molecule is Cc1cc(CCl)cnc1N1CCOc2ccccc2C1. The largest absolute Gasteiger partial charge is 0.491 e. The predicted molar refractivity (Wildman–Crippen MR) is 81.5 cm³/mol. The van der Waals surface area contributed by atoms with Crippen molar-refractivity contribution in [2.24, 2.45) is 0 Å². The van der Waals surface area contributed by atoms with E-state index in [-0.39, 0.29) is 0 Å². The lowest BCUT2D eigenvalue weighted by Gasteiger charge is -2.23. The highest BCUT2D eigenvalue weighted by Crippen LogP contribution is 2.27. The summed E-state index contributed by atoms with van der Waals surface area (Å²) in [4.78, 5) is 6.84. The number of anilines is 1. The number of nitrogens with zero attached hydrogens (tertiary/aromatic N) is 2. The molecule has 0 N–H and O–H groups in total. The number of aromatic nitrogens is 1. The lowest BCUT2D eigenvalue weighted by atomic mass is 10.1. The number of alkyl halides is 1. The molecule has 0 bridgehead atoms. The van der Waals surface area contributed by atoms with E-state index in [1.165, 1.54) is 5.56 Å². The quantitative estimate of drug-likeness (QED) is 0.791. The predicted octanol–water partition coefficient (Wildman–Crippen LogP) is 3.53. The second-order valence-corrected chi connectivity index (χ2v) is 5.26. The molecule has 0 radical (unpaired) electrons. The lowest BCUT2D eigenvalue weighted by Crippen LogP contribution is -2.27. The Kier molecular flexibility index (Phi) is 3.79. The van der Waals surface area contributed by atoms with Crippen molar-refractivity contribution in [3.63, 3.8) is 0 Å². The van der Waals surface area contributed by atoms with Crippen molar-refractivity contribution in [1.82, 2.24) is 4.98 Å². The highest BCUT2D eigenvalue weighted by Gasteiger charge is 2.17. The smallest absolute Gasteiger partial charge is 0.131 e. The van der Waals surface area contributed by atoms with Crippen molar-refractivity contribution in [1.29, 1.82) is 0 Å². The minimum absolute atomic E-state index is 0.500. The van der Waals surface area contributed by atoms with Gasteiger partial charge >= 0.3 is 0 Å². The van der Waals surface area contributed by atoms with Crippen LogP contribution in [0, 0.1) is 6.92 Å². The molecule has 1 aromatic heterocycles. The van der Waals surface area contributed by atoms with Crippen LogP contribution in [0.15, 0.2) is 36.5 Å². The third-order valence-corrected chi connectivity index (χ3v) is 3.82. The van der Waals surface area contributed by atoms with E-state index in [1.54, 1.807) is 0 Å². The minimum Gasteiger partial charge on any atom is -0.491 e. The Morgan fingerprint density at radius 1 is 1.35 bits per heavy atom. The monoisotopic (exact) mass is 288 g/mol. The van der Waals surface area contributed by atoms with Crippen LogP contribution in [0.4, 0.5) is 5.82 Å². The average Bonchev–Trinajstić information content (AvgIpc) is 2.69. The van der Waals surface area contributed by atoms with Crippen molar-refractivity contribution in [3.05, 3.63) is 53.2 Å². The highest BCUT2D eigenvalue weighted by atomic mass is 35.5.